The number of H-pyrrole nitrogens is 1. The van der Waals surface area contributed by atoms with Crippen molar-refractivity contribution in [3.05, 3.63) is 34.6 Å². The van der Waals surface area contributed by atoms with Gasteiger partial charge in [0.05, 0.1) is 36.1 Å². The van der Waals surface area contributed by atoms with Crippen molar-refractivity contribution in [3.63, 3.8) is 0 Å². The number of hydrogen-bond acceptors (Lipinski definition) is 8. The first-order chi connectivity index (χ1) is 14.5. The molecule has 160 valence electrons. The van der Waals surface area contributed by atoms with Gasteiger partial charge >= 0.3 is 0 Å². The molecule has 0 spiro atoms. The van der Waals surface area contributed by atoms with Gasteiger partial charge in [-0.3, -0.25) is 9.78 Å². The van der Waals surface area contributed by atoms with E-state index in [0.717, 1.165) is 16.6 Å². The molecular formula is C21H27N5O3S. The lowest BCUT2D eigenvalue weighted by atomic mass is 10.0. The summed E-state index contributed by atoms with van der Waals surface area (Å²) in [5, 5.41) is 13.8. The minimum absolute atomic E-state index is 0.0428. The van der Waals surface area contributed by atoms with Gasteiger partial charge in [-0.1, -0.05) is 26.0 Å². The van der Waals surface area contributed by atoms with E-state index in [1.807, 2.05) is 29.2 Å². The molecule has 1 aromatic carbocycles. The minimum atomic E-state index is -0.241. The molecule has 0 saturated carbocycles. The van der Waals surface area contributed by atoms with Gasteiger partial charge in [-0.25, -0.2) is 4.98 Å². The number of morpholine rings is 1. The Morgan fingerprint density at radius 2 is 2.03 bits per heavy atom. The molecule has 9 heteroatoms. The van der Waals surface area contributed by atoms with Gasteiger partial charge in [-0.05, 0) is 24.5 Å². The number of nitrogens with zero attached hydrogens (tertiary/aromatic N) is 3. The molecule has 0 bridgehead atoms. The van der Waals surface area contributed by atoms with Gasteiger partial charge in [0.25, 0.3) is 5.56 Å². The summed E-state index contributed by atoms with van der Waals surface area (Å²) in [5.41, 5.74) is 1.02. The third-order valence-corrected chi connectivity index (χ3v) is 6.10. The minimum Gasteiger partial charge on any atom is -0.394 e. The molecule has 30 heavy (non-hydrogen) atoms. The lowest BCUT2D eigenvalue weighted by Gasteiger charge is -2.28. The third kappa shape index (κ3) is 4.48. The van der Waals surface area contributed by atoms with Gasteiger partial charge < -0.3 is 20.1 Å². The number of thiazole rings is 1. The van der Waals surface area contributed by atoms with Crippen LogP contribution in [0.3, 0.4) is 0 Å². The van der Waals surface area contributed by atoms with Crippen LogP contribution in [-0.2, 0) is 4.74 Å². The van der Waals surface area contributed by atoms with E-state index in [9.17, 15) is 9.90 Å². The number of aromatic amines is 1. The van der Waals surface area contributed by atoms with E-state index in [-0.39, 0.29) is 18.2 Å². The lowest BCUT2D eigenvalue weighted by molar-refractivity contribution is 0.122. The van der Waals surface area contributed by atoms with Crippen LogP contribution in [0.2, 0.25) is 0 Å². The van der Waals surface area contributed by atoms with Crippen LogP contribution >= 0.6 is 11.3 Å². The summed E-state index contributed by atoms with van der Waals surface area (Å²) in [6.07, 6.45) is 0.761. The Morgan fingerprint density at radius 1 is 1.27 bits per heavy atom. The van der Waals surface area contributed by atoms with Gasteiger partial charge in [-0.2, -0.15) is 4.98 Å². The molecule has 0 aliphatic carbocycles. The Bertz CT molecular complexity index is 1030. The van der Waals surface area contributed by atoms with E-state index in [1.54, 1.807) is 0 Å². The predicted molar refractivity (Wildman–Crippen MR) is 120 cm³/mol. The smallest absolute Gasteiger partial charge is 0.264 e. The fourth-order valence-electron chi connectivity index (χ4n) is 3.61. The van der Waals surface area contributed by atoms with Crippen LogP contribution in [-0.4, -0.2) is 59.0 Å². The van der Waals surface area contributed by atoms with E-state index >= 15 is 0 Å². The second-order valence-corrected chi connectivity index (χ2v) is 8.88. The SMILES string of the molecule is CC(C)CC(CO)Nc1nc(N2CCOCC2)[nH]c(=O)c1-c1nc2ccccc2s1. The van der Waals surface area contributed by atoms with E-state index in [4.69, 9.17) is 9.72 Å². The monoisotopic (exact) mass is 429 g/mol. The van der Waals surface area contributed by atoms with Gasteiger partial charge in [0, 0.05) is 13.1 Å². The van der Waals surface area contributed by atoms with Crippen molar-refractivity contribution >= 4 is 33.3 Å². The molecule has 1 unspecified atom stereocenters. The maximum Gasteiger partial charge on any atom is 0.264 e. The Balaban J connectivity index is 1.79. The predicted octanol–water partition coefficient (Wildman–Crippen LogP) is 2.70. The summed E-state index contributed by atoms with van der Waals surface area (Å²) in [7, 11) is 0. The van der Waals surface area contributed by atoms with Crippen LogP contribution in [0.25, 0.3) is 20.8 Å². The number of fused-ring (bicyclic) bond motifs is 1. The third-order valence-electron chi connectivity index (χ3n) is 5.04. The second-order valence-electron chi connectivity index (χ2n) is 7.85. The number of benzene rings is 1. The number of rotatable bonds is 7. The maximum atomic E-state index is 13.2. The van der Waals surface area contributed by atoms with Crippen molar-refractivity contribution in [2.45, 2.75) is 26.3 Å². The van der Waals surface area contributed by atoms with Crippen LogP contribution in [0.1, 0.15) is 20.3 Å². The summed E-state index contributed by atoms with van der Waals surface area (Å²) in [4.78, 5) is 27.5. The fourth-order valence-corrected chi connectivity index (χ4v) is 4.62. The van der Waals surface area contributed by atoms with E-state index < -0.39 is 0 Å². The highest BCUT2D eigenvalue weighted by Crippen LogP contribution is 2.32. The highest BCUT2D eigenvalue weighted by molar-refractivity contribution is 7.21. The molecule has 1 fully saturated rings. The zero-order chi connectivity index (χ0) is 21.1. The number of hydrogen-bond donors (Lipinski definition) is 3. The standard InChI is InChI=1S/C21H27N5O3S/c1-13(2)11-14(12-27)22-18-17(20-23-15-5-3-4-6-16(15)30-20)19(28)25-21(24-18)26-7-9-29-10-8-26/h3-6,13-14,27H,7-12H2,1-2H3,(H2,22,24,25,28). The zero-order valence-corrected chi connectivity index (χ0v) is 18.0. The van der Waals surface area contributed by atoms with Crippen molar-refractivity contribution in [2.24, 2.45) is 5.92 Å². The number of anilines is 2. The van der Waals surface area contributed by atoms with Gasteiger partial charge in [0.15, 0.2) is 0 Å². The van der Waals surface area contributed by atoms with Gasteiger partial charge in [0.1, 0.15) is 16.4 Å². The van der Waals surface area contributed by atoms with Crippen LogP contribution in [0.15, 0.2) is 29.1 Å². The van der Waals surface area contributed by atoms with Crippen molar-refractivity contribution in [1.29, 1.82) is 0 Å². The Kier molecular flexibility index (Phi) is 6.31. The second kappa shape index (κ2) is 9.11. The number of aliphatic hydroxyl groups is 1. The topological polar surface area (TPSA) is 103 Å². The highest BCUT2D eigenvalue weighted by Gasteiger charge is 2.23. The lowest BCUT2D eigenvalue weighted by Crippen LogP contribution is -2.39. The quantitative estimate of drug-likeness (QED) is 0.530. The molecule has 3 N–H and O–H groups in total. The number of para-hydroxylation sites is 1. The molecule has 4 rings (SSSR count). The molecule has 0 radical (unpaired) electrons. The molecule has 1 aliphatic rings. The molecule has 1 aliphatic heterocycles. The highest BCUT2D eigenvalue weighted by atomic mass is 32.1. The number of aliphatic hydroxyl groups excluding tert-OH is 1. The van der Waals surface area contributed by atoms with E-state index in [1.165, 1.54) is 11.3 Å². The molecule has 8 nitrogen and oxygen atoms in total. The fraction of sp³-hybridized carbons (Fsp3) is 0.476. The van der Waals surface area contributed by atoms with Crippen molar-refractivity contribution < 1.29 is 9.84 Å². The Morgan fingerprint density at radius 3 is 2.73 bits per heavy atom. The first-order valence-electron chi connectivity index (χ1n) is 10.3. The van der Waals surface area contributed by atoms with Crippen LogP contribution < -0.4 is 15.8 Å². The van der Waals surface area contributed by atoms with Crippen molar-refractivity contribution in [1.82, 2.24) is 15.0 Å². The summed E-state index contributed by atoms with van der Waals surface area (Å²) in [5.74, 6) is 1.36. The van der Waals surface area contributed by atoms with Crippen molar-refractivity contribution in [2.75, 3.05) is 43.1 Å². The Labute approximate surface area is 178 Å². The average Bonchev–Trinajstić information content (AvgIpc) is 3.16. The first kappa shape index (κ1) is 20.8. The first-order valence-corrected chi connectivity index (χ1v) is 11.1. The van der Waals surface area contributed by atoms with Crippen molar-refractivity contribution in [3.8, 4) is 10.6 Å². The molecule has 1 saturated heterocycles. The summed E-state index contributed by atoms with van der Waals surface area (Å²) < 4.78 is 6.43. The van der Waals surface area contributed by atoms with Crippen LogP contribution in [0.5, 0.6) is 0 Å². The normalized spacial score (nSPS) is 15.7. The molecule has 2 aromatic heterocycles. The molecule has 0 amide bonds. The molecule has 3 aromatic rings. The number of aromatic nitrogens is 3. The molecule has 1 atom stereocenters. The van der Waals surface area contributed by atoms with Gasteiger partial charge in [0.2, 0.25) is 5.95 Å². The zero-order valence-electron chi connectivity index (χ0n) is 17.2. The summed E-state index contributed by atoms with van der Waals surface area (Å²) >= 11 is 1.46. The Hall–Kier alpha value is -2.49. The summed E-state index contributed by atoms with van der Waals surface area (Å²) in [6, 6.07) is 7.60. The van der Waals surface area contributed by atoms with Gasteiger partial charge in [-0.15, -0.1) is 11.3 Å². The maximum absolute atomic E-state index is 13.2. The number of nitrogens with one attached hydrogen (secondary N) is 2. The molecular weight excluding hydrogens is 402 g/mol. The van der Waals surface area contributed by atoms with E-state index in [2.05, 4.69) is 29.1 Å². The molecule has 3 heterocycles. The largest absolute Gasteiger partial charge is 0.394 e. The summed E-state index contributed by atoms with van der Waals surface area (Å²) in [6.45, 7) is 6.68. The number of ether oxygens (including phenoxy) is 1. The van der Waals surface area contributed by atoms with Crippen LogP contribution in [0, 0.1) is 5.92 Å². The van der Waals surface area contributed by atoms with Crippen LogP contribution in [0.4, 0.5) is 11.8 Å². The van der Waals surface area contributed by atoms with E-state index in [0.29, 0.717) is 54.6 Å². The average molecular weight is 430 g/mol.